The van der Waals surface area contributed by atoms with Crippen molar-refractivity contribution in [1.29, 1.82) is 0 Å². The summed E-state index contributed by atoms with van der Waals surface area (Å²) >= 11 is 0. The minimum Gasteiger partial charge on any atom is -0.390 e. The number of alkyl halides is 3. The van der Waals surface area contributed by atoms with Gasteiger partial charge in [0.05, 0.1) is 24.1 Å². The lowest BCUT2D eigenvalue weighted by Gasteiger charge is -2.07. The van der Waals surface area contributed by atoms with Crippen LogP contribution in [0.15, 0.2) is 30.5 Å². The van der Waals surface area contributed by atoms with Crippen LogP contribution in [0.2, 0.25) is 0 Å². The van der Waals surface area contributed by atoms with Crippen molar-refractivity contribution in [2.75, 3.05) is 0 Å². The van der Waals surface area contributed by atoms with Crippen LogP contribution in [0.1, 0.15) is 22.6 Å². The highest BCUT2D eigenvalue weighted by atomic mass is 19.4. The second-order valence-corrected chi connectivity index (χ2v) is 3.89. The summed E-state index contributed by atoms with van der Waals surface area (Å²) < 4.78 is 37.5. The Morgan fingerprint density at radius 3 is 2.67 bits per heavy atom. The van der Waals surface area contributed by atoms with Crippen LogP contribution < -0.4 is 0 Å². The molecule has 0 aliphatic carbocycles. The summed E-state index contributed by atoms with van der Waals surface area (Å²) in [7, 11) is 0. The van der Waals surface area contributed by atoms with E-state index in [1.807, 2.05) is 0 Å². The minimum atomic E-state index is -4.34. The van der Waals surface area contributed by atoms with Crippen molar-refractivity contribution in [1.82, 2.24) is 9.97 Å². The maximum Gasteiger partial charge on any atom is 0.416 e. The Morgan fingerprint density at radius 2 is 2.06 bits per heavy atom. The molecule has 1 heterocycles. The first-order chi connectivity index (χ1) is 8.49. The zero-order valence-electron chi connectivity index (χ0n) is 9.33. The summed E-state index contributed by atoms with van der Waals surface area (Å²) in [5, 5.41) is 8.85. The van der Waals surface area contributed by atoms with Crippen molar-refractivity contribution in [3.63, 3.8) is 0 Å². The molecule has 0 bridgehead atoms. The first-order valence-electron chi connectivity index (χ1n) is 5.29. The van der Waals surface area contributed by atoms with Crippen LogP contribution in [0.4, 0.5) is 13.2 Å². The van der Waals surface area contributed by atoms with E-state index in [1.54, 1.807) is 6.07 Å². The number of nitrogens with one attached hydrogen (secondary N) is 1. The zero-order valence-corrected chi connectivity index (χ0v) is 9.33. The van der Waals surface area contributed by atoms with Crippen LogP contribution in [0, 0.1) is 0 Å². The van der Waals surface area contributed by atoms with Crippen molar-refractivity contribution in [2.24, 2.45) is 0 Å². The maximum atomic E-state index is 12.5. The van der Waals surface area contributed by atoms with E-state index in [1.165, 1.54) is 12.3 Å². The molecule has 0 radical (unpaired) electrons. The van der Waals surface area contributed by atoms with Gasteiger partial charge in [0.1, 0.15) is 5.82 Å². The molecule has 2 rings (SSSR count). The second-order valence-electron chi connectivity index (χ2n) is 3.89. The van der Waals surface area contributed by atoms with Crippen molar-refractivity contribution in [3.8, 4) is 0 Å². The maximum absolute atomic E-state index is 12.5. The summed E-state index contributed by atoms with van der Waals surface area (Å²) in [6, 6.07) is 5.11. The van der Waals surface area contributed by atoms with E-state index in [0.717, 1.165) is 12.1 Å². The second kappa shape index (κ2) is 4.81. The standard InChI is InChI=1S/C12H11F3N2O/c13-12(14,15)9-3-1-2-8(4-9)5-11-16-6-10(7-18)17-11/h1-4,6,18H,5,7H2,(H,16,17). The first kappa shape index (κ1) is 12.6. The molecule has 0 fully saturated rings. The van der Waals surface area contributed by atoms with E-state index in [2.05, 4.69) is 9.97 Å². The van der Waals surface area contributed by atoms with E-state index in [-0.39, 0.29) is 13.0 Å². The third-order valence-corrected chi connectivity index (χ3v) is 2.48. The lowest BCUT2D eigenvalue weighted by atomic mass is 10.1. The van der Waals surface area contributed by atoms with Crippen LogP contribution in [0.25, 0.3) is 0 Å². The number of benzene rings is 1. The molecule has 6 heteroatoms. The normalized spacial score (nSPS) is 11.8. The number of hydrogen-bond donors (Lipinski definition) is 2. The molecule has 0 aliphatic heterocycles. The molecule has 18 heavy (non-hydrogen) atoms. The van der Waals surface area contributed by atoms with E-state index in [4.69, 9.17) is 5.11 Å². The van der Waals surface area contributed by atoms with Crippen LogP contribution in [0.3, 0.4) is 0 Å². The number of hydrogen-bond acceptors (Lipinski definition) is 2. The minimum absolute atomic E-state index is 0.171. The summed E-state index contributed by atoms with van der Waals surface area (Å²) in [5.41, 5.74) is 0.384. The van der Waals surface area contributed by atoms with Gasteiger partial charge < -0.3 is 10.1 Å². The third-order valence-electron chi connectivity index (χ3n) is 2.48. The van der Waals surface area contributed by atoms with Crippen molar-refractivity contribution >= 4 is 0 Å². The monoisotopic (exact) mass is 256 g/mol. The molecular formula is C12H11F3N2O. The molecule has 0 unspecified atom stereocenters. The van der Waals surface area contributed by atoms with E-state index in [0.29, 0.717) is 17.1 Å². The van der Waals surface area contributed by atoms with Gasteiger partial charge in [0.2, 0.25) is 0 Å². The molecule has 0 aliphatic rings. The van der Waals surface area contributed by atoms with Crippen molar-refractivity contribution < 1.29 is 18.3 Å². The smallest absolute Gasteiger partial charge is 0.390 e. The van der Waals surface area contributed by atoms with Gasteiger partial charge in [0.25, 0.3) is 0 Å². The van der Waals surface area contributed by atoms with Gasteiger partial charge in [-0.1, -0.05) is 18.2 Å². The van der Waals surface area contributed by atoms with E-state index < -0.39 is 11.7 Å². The average molecular weight is 256 g/mol. The summed E-state index contributed by atoms with van der Waals surface area (Å²) in [4.78, 5) is 6.80. The van der Waals surface area contributed by atoms with Gasteiger partial charge in [-0.3, -0.25) is 0 Å². The zero-order chi connectivity index (χ0) is 13.2. The van der Waals surface area contributed by atoms with Crippen LogP contribution >= 0.6 is 0 Å². The SMILES string of the molecule is OCc1cnc(Cc2cccc(C(F)(F)F)c2)[nH]1. The molecule has 0 amide bonds. The summed E-state index contributed by atoms with van der Waals surface area (Å²) in [6.45, 7) is -0.171. The predicted molar refractivity (Wildman–Crippen MR) is 58.8 cm³/mol. The highest BCUT2D eigenvalue weighted by Crippen LogP contribution is 2.29. The van der Waals surface area contributed by atoms with Gasteiger partial charge in [0, 0.05) is 6.42 Å². The quantitative estimate of drug-likeness (QED) is 0.886. The van der Waals surface area contributed by atoms with Crippen LogP contribution in [0.5, 0.6) is 0 Å². The Bertz CT molecular complexity index is 534. The number of aromatic amines is 1. The summed E-state index contributed by atoms with van der Waals surface area (Å²) in [5.74, 6) is 0.526. The number of aliphatic hydroxyl groups excluding tert-OH is 1. The Morgan fingerprint density at radius 1 is 1.28 bits per heavy atom. The molecule has 3 nitrogen and oxygen atoms in total. The molecule has 0 saturated carbocycles. The van der Waals surface area contributed by atoms with Crippen LogP contribution in [-0.4, -0.2) is 15.1 Å². The number of H-pyrrole nitrogens is 1. The number of halogens is 3. The fourth-order valence-electron chi connectivity index (χ4n) is 1.63. The van der Waals surface area contributed by atoms with E-state index >= 15 is 0 Å². The Kier molecular flexibility index (Phi) is 3.38. The number of nitrogens with zero attached hydrogens (tertiary/aromatic N) is 1. The van der Waals surface area contributed by atoms with Crippen LogP contribution in [-0.2, 0) is 19.2 Å². The van der Waals surface area contributed by atoms with Crippen molar-refractivity contribution in [3.05, 3.63) is 53.1 Å². The van der Waals surface area contributed by atoms with Gasteiger partial charge in [-0.2, -0.15) is 13.2 Å². The van der Waals surface area contributed by atoms with Gasteiger partial charge in [-0.25, -0.2) is 4.98 Å². The summed E-state index contributed by atoms with van der Waals surface area (Å²) in [6.07, 6.45) is -2.61. The highest BCUT2D eigenvalue weighted by Gasteiger charge is 2.30. The fraction of sp³-hybridized carbons (Fsp3) is 0.250. The van der Waals surface area contributed by atoms with Gasteiger partial charge in [-0.05, 0) is 11.6 Å². The molecule has 0 spiro atoms. The van der Waals surface area contributed by atoms with Gasteiger partial charge in [0.15, 0.2) is 0 Å². The number of aromatic nitrogens is 2. The molecule has 1 aromatic carbocycles. The number of aliphatic hydroxyl groups is 1. The Balaban J connectivity index is 2.19. The number of imidazole rings is 1. The molecule has 2 N–H and O–H groups in total. The largest absolute Gasteiger partial charge is 0.416 e. The first-order valence-corrected chi connectivity index (χ1v) is 5.29. The fourth-order valence-corrected chi connectivity index (χ4v) is 1.63. The highest BCUT2D eigenvalue weighted by molar-refractivity contribution is 5.27. The van der Waals surface area contributed by atoms with Gasteiger partial charge in [-0.15, -0.1) is 0 Å². The lowest BCUT2D eigenvalue weighted by molar-refractivity contribution is -0.137. The molecular weight excluding hydrogens is 245 g/mol. The van der Waals surface area contributed by atoms with E-state index in [9.17, 15) is 13.2 Å². The molecule has 0 saturated heterocycles. The van der Waals surface area contributed by atoms with Gasteiger partial charge >= 0.3 is 6.18 Å². The molecule has 1 aromatic heterocycles. The Hall–Kier alpha value is -1.82. The Labute approximate surface area is 101 Å². The lowest BCUT2D eigenvalue weighted by Crippen LogP contribution is -2.05. The average Bonchev–Trinajstić information content (AvgIpc) is 2.76. The molecule has 96 valence electrons. The third kappa shape index (κ3) is 2.89. The van der Waals surface area contributed by atoms with Crippen molar-refractivity contribution in [2.45, 2.75) is 19.2 Å². The topological polar surface area (TPSA) is 48.9 Å². The molecule has 0 atom stereocenters. The number of rotatable bonds is 3. The predicted octanol–water partition coefficient (Wildman–Crippen LogP) is 2.51. The molecule has 2 aromatic rings.